The van der Waals surface area contributed by atoms with Crippen molar-refractivity contribution in [3.8, 4) is 5.75 Å². The number of anilines is 1. The Bertz CT molecular complexity index is 1490. The Labute approximate surface area is 235 Å². The molecule has 1 aliphatic heterocycles. The number of rotatable bonds is 6. The van der Waals surface area contributed by atoms with Gasteiger partial charge in [-0.1, -0.05) is 54.6 Å². The van der Waals surface area contributed by atoms with Crippen LogP contribution in [0.3, 0.4) is 0 Å². The van der Waals surface area contributed by atoms with Gasteiger partial charge in [-0.25, -0.2) is 9.38 Å². The topological polar surface area (TPSA) is 41.9 Å². The zero-order valence-electron chi connectivity index (χ0n) is 19.3. The molecule has 4 nitrogen and oxygen atoms in total. The Kier molecular flexibility index (Phi) is 7.88. The van der Waals surface area contributed by atoms with Crippen LogP contribution in [0.2, 0.25) is 0 Å². The number of benzene rings is 4. The van der Waals surface area contributed by atoms with E-state index in [-0.39, 0.29) is 18.3 Å². The molecule has 8 heteroatoms. The van der Waals surface area contributed by atoms with Crippen molar-refractivity contribution in [3.63, 3.8) is 0 Å². The second-order valence-electron chi connectivity index (χ2n) is 8.01. The molecule has 0 radical (unpaired) electrons. The van der Waals surface area contributed by atoms with E-state index < -0.39 is 0 Å². The summed E-state index contributed by atoms with van der Waals surface area (Å²) in [6.07, 6.45) is 1.83. The van der Waals surface area contributed by atoms with Crippen LogP contribution in [-0.4, -0.2) is 11.1 Å². The van der Waals surface area contributed by atoms with Crippen molar-refractivity contribution in [2.24, 2.45) is 4.99 Å². The van der Waals surface area contributed by atoms with Gasteiger partial charge in [0.25, 0.3) is 5.91 Å². The number of para-hydroxylation sites is 2. The van der Waals surface area contributed by atoms with Gasteiger partial charge in [0, 0.05) is 5.56 Å². The number of nitrogens with zero attached hydrogens (tertiary/aromatic N) is 2. The summed E-state index contributed by atoms with van der Waals surface area (Å²) in [5, 5.41) is 0.580. The van der Waals surface area contributed by atoms with Crippen molar-refractivity contribution < 1.29 is 13.9 Å². The monoisotopic (exact) mass is 636 g/mol. The number of amidine groups is 1. The van der Waals surface area contributed by atoms with Crippen LogP contribution in [0, 0.1) is 5.82 Å². The molecule has 37 heavy (non-hydrogen) atoms. The fraction of sp³-hybridized carbons (Fsp3) is 0.0345. The molecule has 0 saturated carbocycles. The minimum absolute atomic E-state index is 0.0873. The van der Waals surface area contributed by atoms with Crippen LogP contribution in [0.1, 0.15) is 11.1 Å². The normalized spacial score (nSPS) is 15.5. The molecule has 184 valence electrons. The summed E-state index contributed by atoms with van der Waals surface area (Å²) in [7, 11) is 0. The Hall–Kier alpha value is -3.20. The van der Waals surface area contributed by atoms with Gasteiger partial charge in [-0.3, -0.25) is 9.69 Å². The number of halogens is 3. The summed E-state index contributed by atoms with van der Waals surface area (Å²) in [6, 6.07) is 29.2. The van der Waals surface area contributed by atoms with E-state index in [0.29, 0.717) is 30.3 Å². The third-order valence-corrected chi connectivity index (χ3v) is 7.60. The highest BCUT2D eigenvalue weighted by Crippen LogP contribution is 2.40. The Morgan fingerprint density at radius 3 is 2.19 bits per heavy atom. The zero-order valence-corrected chi connectivity index (χ0v) is 23.3. The first-order valence-corrected chi connectivity index (χ1v) is 13.7. The third-order valence-electron chi connectivity index (χ3n) is 5.45. The molecule has 4 aromatic rings. The van der Waals surface area contributed by atoms with Crippen LogP contribution in [0.4, 0.5) is 15.8 Å². The van der Waals surface area contributed by atoms with Gasteiger partial charge >= 0.3 is 0 Å². The first kappa shape index (κ1) is 25.4. The first-order chi connectivity index (χ1) is 18.0. The highest BCUT2D eigenvalue weighted by atomic mass is 79.9. The van der Waals surface area contributed by atoms with Crippen molar-refractivity contribution in [2.75, 3.05) is 4.90 Å². The van der Waals surface area contributed by atoms with E-state index >= 15 is 0 Å². The van der Waals surface area contributed by atoms with E-state index in [9.17, 15) is 9.18 Å². The lowest BCUT2D eigenvalue weighted by Gasteiger charge is -2.15. The molecule has 5 rings (SSSR count). The number of hydrogen-bond acceptors (Lipinski definition) is 4. The summed E-state index contributed by atoms with van der Waals surface area (Å²) in [5.41, 5.74) is 2.77. The quantitative estimate of drug-likeness (QED) is 0.199. The van der Waals surface area contributed by atoms with Crippen molar-refractivity contribution in [2.45, 2.75) is 6.61 Å². The van der Waals surface area contributed by atoms with Gasteiger partial charge in [0.05, 0.1) is 25.2 Å². The highest BCUT2D eigenvalue weighted by Gasteiger charge is 2.34. The minimum Gasteiger partial charge on any atom is -0.486 e. The maximum Gasteiger partial charge on any atom is 0.271 e. The Morgan fingerprint density at radius 2 is 1.51 bits per heavy atom. The van der Waals surface area contributed by atoms with Crippen LogP contribution in [0.5, 0.6) is 5.75 Å². The molecule has 0 aromatic heterocycles. The average Bonchev–Trinajstić information content (AvgIpc) is 3.19. The molecular weight excluding hydrogens is 619 g/mol. The van der Waals surface area contributed by atoms with Gasteiger partial charge < -0.3 is 4.74 Å². The SMILES string of the molecule is O=C1/C(=C\c2cc(Br)c(OCc3ccccc3F)c(Br)c2)SC(=Nc2ccccc2)N1c1ccccc1. The van der Waals surface area contributed by atoms with E-state index in [1.54, 1.807) is 23.1 Å². The summed E-state index contributed by atoms with van der Waals surface area (Å²) < 4.78 is 21.2. The number of carbonyl (C=O) groups is 1. The number of thioether (sulfide) groups is 1. The molecule has 0 N–H and O–H groups in total. The maximum absolute atomic E-state index is 14.0. The Balaban J connectivity index is 1.44. The number of ether oxygens (including phenoxy) is 1. The van der Waals surface area contributed by atoms with E-state index in [0.717, 1.165) is 16.9 Å². The number of hydrogen-bond donors (Lipinski definition) is 0. The minimum atomic E-state index is -0.316. The second-order valence-corrected chi connectivity index (χ2v) is 10.7. The highest BCUT2D eigenvalue weighted by molar-refractivity contribution is 9.11. The lowest BCUT2D eigenvalue weighted by atomic mass is 10.2. The number of aliphatic imine (C=N–C) groups is 1. The van der Waals surface area contributed by atoms with Gasteiger partial charge in [0.15, 0.2) is 5.17 Å². The smallest absolute Gasteiger partial charge is 0.271 e. The van der Waals surface area contributed by atoms with Crippen LogP contribution < -0.4 is 9.64 Å². The average molecular weight is 638 g/mol. The van der Waals surface area contributed by atoms with Gasteiger partial charge in [-0.05, 0) is 97.7 Å². The molecular formula is C29H19Br2FN2O2S. The molecule has 1 amide bonds. The van der Waals surface area contributed by atoms with E-state index in [2.05, 4.69) is 31.9 Å². The predicted molar refractivity (Wildman–Crippen MR) is 156 cm³/mol. The molecule has 0 bridgehead atoms. The molecule has 4 aromatic carbocycles. The molecule has 0 spiro atoms. The molecule has 1 fully saturated rings. The van der Waals surface area contributed by atoms with Crippen LogP contribution in [0.15, 0.2) is 116 Å². The van der Waals surface area contributed by atoms with E-state index in [1.807, 2.05) is 78.9 Å². The zero-order chi connectivity index (χ0) is 25.8. The maximum atomic E-state index is 14.0. The van der Waals surface area contributed by atoms with Crippen LogP contribution >= 0.6 is 43.6 Å². The van der Waals surface area contributed by atoms with Gasteiger partial charge in [-0.15, -0.1) is 0 Å². The molecule has 1 heterocycles. The van der Waals surface area contributed by atoms with Crippen molar-refractivity contribution in [3.05, 3.63) is 128 Å². The van der Waals surface area contributed by atoms with Crippen LogP contribution in [-0.2, 0) is 11.4 Å². The number of carbonyl (C=O) groups excluding carboxylic acids is 1. The second kappa shape index (κ2) is 11.5. The molecule has 0 unspecified atom stereocenters. The predicted octanol–water partition coefficient (Wildman–Crippen LogP) is 8.74. The van der Waals surface area contributed by atoms with Crippen LogP contribution in [0.25, 0.3) is 6.08 Å². The molecule has 1 saturated heterocycles. The summed E-state index contributed by atoms with van der Waals surface area (Å²) >= 11 is 8.43. The number of amides is 1. The summed E-state index contributed by atoms with van der Waals surface area (Å²) in [5.74, 6) is 0.0786. The van der Waals surface area contributed by atoms with Crippen molar-refractivity contribution in [1.82, 2.24) is 0 Å². The largest absolute Gasteiger partial charge is 0.486 e. The van der Waals surface area contributed by atoms with Gasteiger partial charge in [0.1, 0.15) is 18.2 Å². The van der Waals surface area contributed by atoms with Crippen molar-refractivity contribution >= 4 is 72.1 Å². The van der Waals surface area contributed by atoms with Crippen molar-refractivity contribution in [1.29, 1.82) is 0 Å². The fourth-order valence-electron chi connectivity index (χ4n) is 3.68. The van der Waals surface area contributed by atoms with Gasteiger partial charge in [-0.2, -0.15) is 0 Å². The fourth-order valence-corrected chi connectivity index (χ4v) is 6.14. The molecule has 0 atom stereocenters. The first-order valence-electron chi connectivity index (χ1n) is 11.3. The van der Waals surface area contributed by atoms with E-state index in [4.69, 9.17) is 9.73 Å². The lowest BCUT2D eigenvalue weighted by Crippen LogP contribution is -2.28. The summed E-state index contributed by atoms with van der Waals surface area (Å²) in [4.78, 5) is 20.4. The third kappa shape index (κ3) is 5.87. The molecule has 1 aliphatic rings. The van der Waals surface area contributed by atoms with E-state index in [1.165, 1.54) is 17.8 Å². The Morgan fingerprint density at radius 1 is 0.892 bits per heavy atom. The lowest BCUT2D eigenvalue weighted by molar-refractivity contribution is -0.113. The van der Waals surface area contributed by atoms with Gasteiger partial charge in [0.2, 0.25) is 0 Å². The standard InChI is InChI=1S/C29H19Br2FN2O2S/c30-23-15-19(16-24(31)27(23)36-18-20-9-7-8-14-25(20)32)17-26-28(35)34(22-12-5-2-6-13-22)29(37-26)33-21-10-3-1-4-11-21/h1-17H,18H2/b26-17+,33-29?. The summed E-state index contributed by atoms with van der Waals surface area (Å²) in [6.45, 7) is 0.0873. The molecule has 0 aliphatic carbocycles.